The Labute approximate surface area is 143 Å². The van der Waals surface area contributed by atoms with Crippen LogP contribution in [-0.2, 0) is 6.54 Å². The molecule has 0 aliphatic heterocycles. The van der Waals surface area contributed by atoms with Crippen molar-refractivity contribution in [2.24, 2.45) is 0 Å². The molecular formula is C17H20N2O2S2. The van der Waals surface area contributed by atoms with Gasteiger partial charge >= 0.3 is 0 Å². The van der Waals surface area contributed by atoms with E-state index in [4.69, 9.17) is 9.52 Å². The standard InChI is InChI=1S/C17H20N2O2S2/c1-22-11-12(8-9-20)18-10-13-6-7-15(21-13)17-19-14-4-2-3-5-16(14)23-17/h2-7,12,18,20H,8-11H2,1H3. The van der Waals surface area contributed by atoms with Crippen LogP contribution < -0.4 is 5.32 Å². The zero-order chi connectivity index (χ0) is 16.1. The van der Waals surface area contributed by atoms with Crippen LogP contribution in [0.2, 0.25) is 0 Å². The van der Waals surface area contributed by atoms with Gasteiger partial charge in [-0.05, 0) is 36.9 Å². The van der Waals surface area contributed by atoms with Gasteiger partial charge < -0.3 is 14.8 Å². The van der Waals surface area contributed by atoms with Crippen molar-refractivity contribution in [3.63, 3.8) is 0 Å². The van der Waals surface area contributed by atoms with Crippen molar-refractivity contribution < 1.29 is 9.52 Å². The van der Waals surface area contributed by atoms with Crippen molar-refractivity contribution in [3.05, 3.63) is 42.2 Å². The van der Waals surface area contributed by atoms with Crippen molar-refractivity contribution in [1.29, 1.82) is 0 Å². The van der Waals surface area contributed by atoms with E-state index < -0.39 is 0 Å². The Kier molecular flexibility index (Phi) is 5.72. The number of para-hydroxylation sites is 1. The van der Waals surface area contributed by atoms with Crippen molar-refractivity contribution >= 4 is 33.3 Å². The lowest BCUT2D eigenvalue weighted by Crippen LogP contribution is -2.31. The minimum Gasteiger partial charge on any atom is -0.457 e. The average Bonchev–Trinajstić information content (AvgIpc) is 3.19. The summed E-state index contributed by atoms with van der Waals surface area (Å²) in [7, 11) is 0. The van der Waals surface area contributed by atoms with Crippen LogP contribution in [0.4, 0.5) is 0 Å². The molecule has 0 spiro atoms. The Morgan fingerprint density at radius 3 is 2.96 bits per heavy atom. The number of aromatic nitrogens is 1. The Morgan fingerprint density at radius 2 is 2.17 bits per heavy atom. The molecule has 6 heteroatoms. The molecule has 3 aromatic rings. The predicted molar refractivity (Wildman–Crippen MR) is 98.0 cm³/mol. The minimum atomic E-state index is 0.202. The first kappa shape index (κ1) is 16.5. The van der Waals surface area contributed by atoms with Gasteiger partial charge in [0.1, 0.15) is 5.76 Å². The minimum absolute atomic E-state index is 0.202. The van der Waals surface area contributed by atoms with Crippen molar-refractivity contribution in [1.82, 2.24) is 10.3 Å². The molecule has 0 amide bonds. The zero-order valence-electron chi connectivity index (χ0n) is 13.0. The summed E-state index contributed by atoms with van der Waals surface area (Å²) in [6, 6.07) is 12.4. The van der Waals surface area contributed by atoms with Crippen LogP contribution in [0.25, 0.3) is 21.0 Å². The highest BCUT2D eigenvalue weighted by atomic mass is 32.2. The normalized spacial score (nSPS) is 12.8. The molecular weight excluding hydrogens is 328 g/mol. The fourth-order valence-electron chi connectivity index (χ4n) is 2.41. The number of furan rings is 1. The van der Waals surface area contributed by atoms with Crippen LogP contribution >= 0.6 is 23.1 Å². The molecule has 0 bridgehead atoms. The zero-order valence-corrected chi connectivity index (χ0v) is 14.6. The molecule has 2 aromatic heterocycles. The Morgan fingerprint density at radius 1 is 1.30 bits per heavy atom. The van der Waals surface area contributed by atoms with E-state index in [2.05, 4.69) is 22.6 Å². The highest BCUT2D eigenvalue weighted by Gasteiger charge is 2.12. The van der Waals surface area contributed by atoms with Gasteiger partial charge in [-0.15, -0.1) is 11.3 Å². The molecule has 1 atom stereocenters. The summed E-state index contributed by atoms with van der Waals surface area (Å²) in [6.45, 7) is 0.865. The molecule has 0 saturated carbocycles. The summed E-state index contributed by atoms with van der Waals surface area (Å²) in [5.74, 6) is 2.68. The SMILES string of the molecule is CSCC(CCO)NCc1ccc(-c2nc3ccccc3s2)o1. The number of hydrogen-bond acceptors (Lipinski definition) is 6. The topological polar surface area (TPSA) is 58.3 Å². The van der Waals surface area contributed by atoms with Crippen LogP contribution in [0, 0.1) is 0 Å². The van der Waals surface area contributed by atoms with Crippen molar-refractivity contribution in [3.8, 4) is 10.8 Å². The van der Waals surface area contributed by atoms with Gasteiger partial charge in [0.05, 0.1) is 16.8 Å². The van der Waals surface area contributed by atoms with Crippen molar-refractivity contribution in [2.45, 2.75) is 19.0 Å². The highest BCUT2D eigenvalue weighted by molar-refractivity contribution is 7.98. The maximum absolute atomic E-state index is 9.10. The third-order valence-corrected chi connectivity index (χ3v) is 5.36. The summed E-state index contributed by atoms with van der Waals surface area (Å²) < 4.78 is 7.09. The number of nitrogens with one attached hydrogen (secondary N) is 1. The van der Waals surface area contributed by atoms with Gasteiger partial charge in [-0.3, -0.25) is 0 Å². The number of thioether (sulfide) groups is 1. The third-order valence-electron chi connectivity index (χ3n) is 3.58. The number of thiazole rings is 1. The Balaban J connectivity index is 1.67. The molecule has 0 radical (unpaired) electrons. The van der Waals surface area contributed by atoms with E-state index in [9.17, 15) is 0 Å². The molecule has 4 nitrogen and oxygen atoms in total. The molecule has 2 heterocycles. The van der Waals surface area contributed by atoms with Gasteiger partial charge in [0, 0.05) is 18.4 Å². The van der Waals surface area contributed by atoms with E-state index in [1.165, 1.54) is 4.70 Å². The van der Waals surface area contributed by atoms with E-state index in [0.29, 0.717) is 12.6 Å². The van der Waals surface area contributed by atoms with E-state index in [1.54, 1.807) is 23.1 Å². The molecule has 0 aliphatic carbocycles. The van der Waals surface area contributed by atoms with Gasteiger partial charge in [-0.2, -0.15) is 11.8 Å². The van der Waals surface area contributed by atoms with Gasteiger partial charge in [0.2, 0.25) is 0 Å². The van der Waals surface area contributed by atoms with Crippen LogP contribution in [0.5, 0.6) is 0 Å². The largest absolute Gasteiger partial charge is 0.457 e. The number of rotatable bonds is 8. The van der Waals surface area contributed by atoms with Gasteiger partial charge in [-0.1, -0.05) is 12.1 Å². The fraction of sp³-hybridized carbons (Fsp3) is 0.353. The van der Waals surface area contributed by atoms with Crippen LogP contribution in [0.3, 0.4) is 0 Å². The fourth-order valence-corrected chi connectivity index (χ4v) is 4.03. The van der Waals surface area contributed by atoms with Gasteiger partial charge in [0.25, 0.3) is 0 Å². The summed E-state index contributed by atoms with van der Waals surface area (Å²) in [6.07, 6.45) is 2.83. The second kappa shape index (κ2) is 7.97. The maximum Gasteiger partial charge on any atom is 0.163 e. The quantitative estimate of drug-likeness (QED) is 0.649. The molecule has 1 aromatic carbocycles. The first-order chi connectivity index (χ1) is 11.3. The van der Waals surface area contributed by atoms with E-state index >= 15 is 0 Å². The number of nitrogens with zero attached hydrogens (tertiary/aromatic N) is 1. The first-order valence-corrected chi connectivity index (χ1v) is 9.79. The summed E-state index contributed by atoms with van der Waals surface area (Å²) >= 11 is 3.42. The van der Waals surface area contributed by atoms with Crippen molar-refractivity contribution in [2.75, 3.05) is 18.6 Å². The number of aliphatic hydroxyl groups excluding tert-OH is 1. The molecule has 0 aliphatic rings. The van der Waals surface area contributed by atoms with Crippen LogP contribution in [0.1, 0.15) is 12.2 Å². The summed E-state index contributed by atoms with van der Waals surface area (Å²) in [5.41, 5.74) is 1.01. The molecule has 1 unspecified atom stereocenters. The average molecular weight is 348 g/mol. The first-order valence-electron chi connectivity index (χ1n) is 7.58. The molecule has 122 valence electrons. The Bertz CT molecular complexity index is 715. The van der Waals surface area contributed by atoms with Crippen LogP contribution in [-0.4, -0.2) is 34.7 Å². The maximum atomic E-state index is 9.10. The summed E-state index contributed by atoms with van der Waals surface area (Å²) in [5, 5.41) is 13.5. The number of aliphatic hydroxyl groups is 1. The molecule has 3 rings (SSSR count). The second-order valence-electron chi connectivity index (χ2n) is 5.30. The number of benzene rings is 1. The molecule has 2 N–H and O–H groups in total. The van der Waals surface area contributed by atoms with E-state index in [0.717, 1.165) is 34.2 Å². The monoisotopic (exact) mass is 348 g/mol. The third kappa shape index (κ3) is 4.14. The van der Waals surface area contributed by atoms with Gasteiger partial charge in [-0.25, -0.2) is 4.98 Å². The predicted octanol–water partition coefficient (Wildman–Crippen LogP) is 3.76. The van der Waals surface area contributed by atoms with E-state index in [1.807, 2.05) is 30.3 Å². The van der Waals surface area contributed by atoms with Crippen LogP contribution in [0.15, 0.2) is 40.8 Å². The number of hydrogen-bond donors (Lipinski definition) is 2. The lowest BCUT2D eigenvalue weighted by Gasteiger charge is -2.15. The lowest BCUT2D eigenvalue weighted by molar-refractivity contribution is 0.268. The van der Waals surface area contributed by atoms with Gasteiger partial charge in [0.15, 0.2) is 10.8 Å². The molecule has 0 saturated heterocycles. The smallest absolute Gasteiger partial charge is 0.163 e. The lowest BCUT2D eigenvalue weighted by atomic mass is 10.2. The Hall–Kier alpha value is -1.34. The second-order valence-corrected chi connectivity index (χ2v) is 7.24. The number of fused-ring (bicyclic) bond motifs is 1. The molecule has 23 heavy (non-hydrogen) atoms. The summed E-state index contributed by atoms with van der Waals surface area (Å²) in [4.78, 5) is 4.62. The molecule has 0 fully saturated rings. The van der Waals surface area contributed by atoms with E-state index in [-0.39, 0.29) is 6.61 Å². The highest BCUT2D eigenvalue weighted by Crippen LogP contribution is 2.31.